The van der Waals surface area contributed by atoms with Gasteiger partial charge in [0.2, 0.25) is 0 Å². The quantitative estimate of drug-likeness (QED) is 0.825. The zero-order valence-electron chi connectivity index (χ0n) is 10.7. The average Bonchev–Trinajstić information content (AvgIpc) is 2.88. The van der Waals surface area contributed by atoms with Crippen LogP contribution in [0.3, 0.4) is 0 Å². The van der Waals surface area contributed by atoms with Gasteiger partial charge in [-0.05, 0) is 48.1 Å². The van der Waals surface area contributed by atoms with Gasteiger partial charge in [-0.1, -0.05) is 24.3 Å². The standard InChI is InChI=1S/C16H17FN2/c17-14-5-2-6-15(16(14)18)19-10-11-7-8-12-3-1-4-13(12)9-11/h2,5-9,19H,1,3-4,10,18H2. The summed E-state index contributed by atoms with van der Waals surface area (Å²) in [4.78, 5) is 0. The summed E-state index contributed by atoms with van der Waals surface area (Å²) < 4.78 is 13.3. The van der Waals surface area contributed by atoms with E-state index in [-0.39, 0.29) is 11.5 Å². The number of halogens is 1. The Labute approximate surface area is 112 Å². The first-order valence-electron chi connectivity index (χ1n) is 6.62. The first kappa shape index (κ1) is 12.0. The molecule has 2 aromatic rings. The molecular weight excluding hydrogens is 239 g/mol. The van der Waals surface area contributed by atoms with Crippen molar-refractivity contribution in [3.05, 3.63) is 58.9 Å². The van der Waals surface area contributed by atoms with Gasteiger partial charge in [0.1, 0.15) is 5.82 Å². The molecule has 0 spiro atoms. The van der Waals surface area contributed by atoms with Gasteiger partial charge in [-0.2, -0.15) is 0 Å². The number of nitrogens with two attached hydrogens (primary N) is 1. The summed E-state index contributed by atoms with van der Waals surface area (Å²) in [6.45, 7) is 0.668. The normalized spacial score (nSPS) is 13.3. The van der Waals surface area contributed by atoms with Crippen LogP contribution >= 0.6 is 0 Å². The molecule has 0 saturated carbocycles. The monoisotopic (exact) mass is 256 g/mol. The Morgan fingerprint density at radius 2 is 1.95 bits per heavy atom. The lowest BCUT2D eigenvalue weighted by Gasteiger charge is -2.11. The molecular formula is C16H17FN2. The molecule has 0 unspecified atom stereocenters. The van der Waals surface area contributed by atoms with Crippen molar-refractivity contribution >= 4 is 11.4 Å². The van der Waals surface area contributed by atoms with Gasteiger partial charge in [-0.3, -0.25) is 0 Å². The fraction of sp³-hybridized carbons (Fsp3) is 0.250. The number of hydrogen-bond donors (Lipinski definition) is 2. The van der Waals surface area contributed by atoms with Gasteiger partial charge in [0, 0.05) is 6.54 Å². The number of hydrogen-bond acceptors (Lipinski definition) is 2. The molecule has 98 valence electrons. The molecule has 3 rings (SSSR count). The van der Waals surface area contributed by atoms with Crippen LogP contribution in [0.4, 0.5) is 15.8 Å². The second-order valence-corrected chi connectivity index (χ2v) is 5.01. The van der Waals surface area contributed by atoms with E-state index in [0.29, 0.717) is 12.2 Å². The van der Waals surface area contributed by atoms with Crippen LogP contribution in [-0.2, 0) is 19.4 Å². The fourth-order valence-corrected chi connectivity index (χ4v) is 2.62. The summed E-state index contributed by atoms with van der Waals surface area (Å²) in [7, 11) is 0. The molecule has 1 aliphatic rings. The Hall–Kier alpha value is -2.03. The van der Waals surface area contributed by atoms with Crippen LogP contribution in [0.1, 0.15) is 23.1 Å². The molecule has 2 aromatic carbocycles. The third kappa shape index (κ3) is 2.41. The number of nitrogen functional groups attached to an aromatic ring is 1. The molecule has 0 atom stereocenters. The van der Waals surface area contributed by atoms with Gasteiger partial charge in [0.15, 0.2) is 0 Å². The van der Waals surface area contributed by atoms with Crippen molar-refractivity contribution in [2.45, 2.75) is 25.8 Å². The fourth-order valence-electron chi connectivity index (χ4n) is 2.62. The molecule has 0 heterocycles. The predicted molar refractivity (Wildman–Crippen MR) is 76.6 cm³/mol. The molecule has 0 fully saturated rings. The molecule has 0 aliphatic heterocycles. The van der Waals surface area contributed by atoms with Crippen LogP contribution in [0.2, 0.25) is 0 Å². The van der Waals surface area contributed by atoms with Gasteiger partial charge >= 0.3 is 0 Å². The molecule has 3 N–H and O–H groups in total. The Bertz CT molecular complexity index is 608. The molecule has 1 aliphatic carbocycles. The number of aryl methyl sites for hydroxylation is 2. The van der Waals surface area contributed by atoms with Crippen LogP contribution in [0, 0.1) is 5.82 Å². The van der Waals surface area contributed by atoms with E-state index in [1.54, 1.807) is 12.1 Å². The van der Waals surface area contributed by atoms with E-state index >= 15 is 0 Å². The van der Waals surface area contributed by atoms with E-state index in [4.69, 9.17) is 5.73 Å². The highest BCUT2D eigenvalue weighted by Crippen LogP contribution is 2.25. The molecule has 0 amide bonds. The van der Waals surface area contributed by atoms with Crippen molar-refractivity contribution in [3.63, 3.8) is 0 Å². The van der Waals surface area contributed by atoms with E-state index in [1.165, 1.54) is 42.0 Å². The predicted octanol–water partition coefficient (Wildman–Crippen LogP) is 3.51. The number of fused-ring (bicyclic) bond motifs is 1. The van der Waals surface area contributed by atoms with Crippen LogP contribution < -0.4 is 11.1 Å². The van der Waals surface area contributed by atoms with E-state index in [1.807, 2.05) is 0 Å². The van der Waals surface area contributed by atoms with E-state index in [9.17, 15) is 4.39 Å². The van der Waals surface area contributed by atoms with Crippen molar-refractivity contribution in [1.82, 2.24) is 0 Å². The van der Waals surface area contributed by atoms with Crippen molar-refractivity contribution in [2.24, 2.45) is 0 Å². The summed E-state index contributed by atoms with van der Waals surface area (Å²) in [6, 6.07) is 11.4. The summed E-state index contributed by atoms with van der Waals surface area (Å²) >= 11 is 0. The van der Waals surface area contributed by atoms with Crippen LogP contribution in [0.25, 0.3) is 0 Å². The third-order valence-corrected chi connectivity index (χ3v) is 3.70. The summed E-state index contributed by atoms with van der Waals surface area (Å²) in [5.41, 5.74) is 10.7. The SMILES string of the molecule is Nc1c(F)cccc1NCc1ccc2c(c1)CCC2. The van der Waals surface area contributed by atoms with Gasteiger partial charge in [-0.15, -0.1) is 0 Å². The minimum Gasteiger partial charge on any atom is -0.395 e. The molecule has 3 heteroatoms. The Kier molecular flexibility index (Phi) is 3.11. The summed E-state index contributed by atoms with van der Waals surface area (Å²) in [5.74, 6) is -0.376. The molecule has 2 nitrogen and oxygen atoms in total. The Morgan fingerprint density at radius 1 is 1.11 bits per heavy atom. The first-order chi connectivity index (χ1) is 9.24. The smallest absolute Gasteiger partial charge is 0.148 e. The van der Waals surface area contributed by atoms with Crippen LogP contribution in [-0.4, -0.2) is 0 Å². The number of anilines is 2. The van der Waals surface area contributed by atoms with Crippen molar-refractivity contribution in [1.29, 1.82) is 0 Å². The minimum absolute atomic E-state index is 0.184. The Morgan fingerprint density at radius 3 is 2.84 bits per heavy atom. The average molecular weight is 256 g/mol. The highest BCUT2D eigenvalue weighted by Gasteiger charge is 2.11. The highest BCUT2D eigenvalue weighted by atomic mass is 19.1. The minimum atomic E-state index is -0.376. The highest BCUT2D eigenvalue weighted by molar-refractivity contribution is 5.66. The van der Waals surface area contributed by atoms with Crippen molar-refractivity contribution in [2.75, 3.05) is 11.1 Å². The lowest BCUT2D eigenvalue weighted by atomic mass is 10.1. The zero-order valence-corrected chi connectivity index (χ0v) is 10.7. The molecule has 0 aromatic heterocycles. The Balaban J connectivity index is 1.74. The van der Waals surface area contributed by atoms with Gasteiger partial charge in [0.25, 0.3) is 0 Å². The summed E-state index contributed by atoms with van der Waals surface area (Å²) in [6.07, 6.45) is 3.62. The topological polar surface area (TPSA) is 38.0 Å². The number of para-hydroxylation sites is 1. The van der Waals surface area contributed by atoms with E-state index in [2.05, 4.69) is 23.5 Å². The maximum absolute atomic E-state index is 13.3. The summed E-state index contributed by atoms with van der Waals surface area (Å²) in [5, 5.41) is 3.20. The lowest BCUT2D eigenvalue weighted by molar-refractivity contribution is 0.633. The number of nitrogens with one attached hydrogen (secondary N) is 1. The third-order valence-electron chi connectivity index (χ3n) is 3.70. The molecule has 0 radical (unpaired) electrons. The number of benzene rings is 2. The van der Waals surface area contributed by atoms with Crippen LogP contribution in [0.5, 0.6) is 0 Å². The zero-order chi connectivity index (χ0) is 13.2. The maximum atomic E-state index is 13.3. The maximum Gasteiger partial charge on any atom is 0.148 e. The number of rotatable bonds is 3. The van der Waals surface area contributed by atoms with Crippen molar-refractivity contribution < 1.29 is 4.39 Å². The lowest BCUT2D eigenvalue weighted by Crippen LogP contribution is -2.04. The van der Waals surface area contributed by atoms with Gasteiger partial charge in [-0.25, -0.2) is 4.39 Å². The first-order valence-corrected chi connectivity index (χ1v) is 6.62. The second-order valence-electron chi connectivity index (χ2n) is 5.01. The van der Waals surface area contributed by atoms with Crippen molar-refractivity contribution in [3.8, 4) is 0 Å². The van der Waals surface area contributed by atoms with Gasteiger partial charge in [0.05, 0.1) is 11.4 Å². The van der Waals surface area contributed by atoms with Crippen LogP contribution in [0.15, 0.2) is 36.4 Å². The van der Waals surface area contributed by atoms with E-state index < -0.39 is 0 Å². The van der Waals surface area contributed by atoms with Gasteiger partial charge < -0.3 is 11.1 Å². The molecule has 19 heavy (non-hydrogen) atoms. The molecule has 0 saturated heterocycles. The van der Waals surface area contributed by atoms with E-state index in [0.717, 1.165) is 0 Å². The largest absolute Gasteiger partial charge is 0.395 e. The second kappa shape index (κ2) is 4.92. The molecule has 0 bridgehead atoms.